The highest BCUT2D eigenvalue weighted by molar-refractivity contribution is 6.41. The van der Waals surface area contributed by atoms with Gasteiger partial charge in [0.05, 0.1) is 33.1 Å². The molecule has 0 aliphatic heterocycles. The van der Waals surface area contributed by atoms with E-state index in [1.54, 1.807) is 0 Å². The van der Waals surface area contributed by atoms with E-state index in [4.69, 9.17) is 19.9 Å². The Kier molecular flexibility index (Phi) is 5.09. The molecule has 0 aliphatic carbocycles. The lowest BCUT2D eigenvalue weighted by Gasteiger charge is -2.13. The van der Waals surface area contributed by atoms with E-state index in [9.17, 15) is 0 Å². The van der Waals surface area contributed by atoms with Crippen LogP contribution < -0.4 is 0 Å². The minimum atomic E-state index is 0.907. The zero-order chi connectivity index (χ0) is 37.4. The van der Waals surface area contributed by atoms with E-state index in [-0.39, 0.29) is 0 Å². The average molecular weight is 735 g/mol. The first-order chi connectivity index (χ1) is 28.8. The highest BCUT2D eigenvalue weighted by atomic mass is 15.0. The van der Waals surface area contributed by atoms with Gasteiger partial charge in [-0.05, 0) is 51.9 Å². The Morgan fingerprint density at radius 2 is 0.741 bits per heavy atom. The first-order valence-corrected chi connectivity index (χ1v) is 19.7. The second-order valence-corrected chi connectivity index (χ2v) is 15.7. The van der Waals surface area contributed by atoms with E-state index in [0.717, 1.165) is 98.5 Å². The van der Waals surface area contributed by atoms with E-state index >= 15 is 0 Å². The van der Waals surface area contributed by atoms with E-state index < -0.39 is 0 Å². The molecule has 15 rings (SSSR count). The summed E-state index contributed by atoms with van der Waals surface area (Å²) >= 11 is 0. The van der Waals surface area contributed by atoms with Crippen LogP contribution in [0, 0.1) is 0 Å². The molecule has 0 spiro atoms. The van der Waals surface area contributed by atoms with Gasteiger partial charge in [0.15, 0.2) is 0 Å². The molecule has 0 N–H and O–H groups in total. The first-order valence-electron chi connectivity index (χ1n) is 19.7. The van der Waals surface area contributed by atoms with Crippen LogP contribution in [0.1, 0.15) is 0 Å². The number of hydrogen-bond acceptors (Lipinski definition) is 4. The third-order valence-electron chi connectivity index (χ3n) is 13.0. The second kappa shape index (κ2) is 10.1. The fourth-order valence-corrected chi connectivity index (χ4v) is 10.8. The Balaban J connectivity index is 1.23. The van der Waals surface area contributed by atoms with Crippen molar-refractivity contribution in [1.82, 2.24) is 28.7 Å². The molecule has 7 heterocycles. The van der Waals surface area contributed by atoms with Gasteiger partial charge in [0, 0.05) is 71.6 Å². The number of benzene rings is 7. The van der Waals surface area contributed by atoms with Gasteiger partial charge >= 0.3 is 0 Å². The molecule has 0 saturated heterocycles. The van der Waals surface area contributed by atoms with Crippen molar-refractivity contribution in [3.8, 4) is 22.3 Å². The monoisotopic (exact) mass is 734 g/mol. The number of aromatic nitrogens is 6. The first kappa shape index (κ1) is 29.3. The van der Waals surface area contributed by atoms with Gasteiger partial charge in [0.1, 0.15) is 22.3 Å². The number of rotatable bonds is 2. The molecule has 15 aromatic rings. The molecule has 6 nitrogen and oxygen atoms in total. The highest BCUT2D eigenvalue weighted by Gasteiger charge is 2.30. The van der Waals surface area contributed by atoms with Crippen molar-refractivity contribution in [1.29, 1.82) is 0 Å². The molecular weight excluding hydrogens is 709 g/mol. The van der Waals surface area contributed by atoms with E-state index in [1.165, 1.54) is 43.8 Å². The van der Waals surface area contributed by atoms with Crippen LogP contribution in [0.2, 0.25) is 0 Å². The lowest BCUT2D eigenvalue weighted by Crippen LogP contribution is -1.93. The lowest BCUT2D eigenvalue weighted by molar-refractivity contribution is 1.24. The summed E-state index contributed by atoms with van der Waals surface area (Å²) in [6.07, 6.45) is 3.81. The Bertz CT molecular complexity index is 3970. The number of nitrogens with zero attached hydrogens (tertiary/aromatic N) is 6. The Labute approximate surface area is 327 Å². The molecule has 7 aromatic heterocycles. The number of fused-ring (bicyclic) bond motifs is 19. The summed E-state index contributed by atoms with van der Waals surface area (Å²) in [5.41, 5.74) is 14.8. The molecule has 0 amide bonds. The Hall–Kier alpha value is -7.96. The zero-order valence-corrected chi connectivity index (χ0v) is 30.7. The standard InChI is InChI=1S/C52H26N6/c1-3-11-27(12-4-1)29-21-23-35-40-36(24-22-30(39(29)40)28-13-5-2-6-14-28)44-43(35)55-45-41-37-17-7-15-31-33-19-9-25-53-51(33)57(47(31)37)49(41)50-42(46(45)56-44)38-18-8-16-32-34-20-10-26-54-52(34)58(50)48(32)38/h1-26H. The van der Waals surface area contributed by atoms with Gasteiger partial charge in [-0.3, -0.25) is 8.80 Å². The largest absolute Gasteiger partial charge is 0.290 e. The van der Waals surface area contributed by atoms with Crippen molar-refractivity contribution in [2.45, 2.75) is 0 Å². The summed E-state index contributed by atoms with van der Waals surface area (Å²) in [6, 6.07) is 52.4. The van der Waals surface area contributed by atoms with Crippen LogP contribution >= 0.6 is 0 Å². The van der Waals surface area contributed by atoms with Crippen molar-refractivity contribution in [2.24, 2.45) is 0 Å². The van der Waals surface area contributed by atoms with Crippen molar-refractivity contribution < 1.29 is 0 Å². The highest BCUT2D eigenvalue weighted by Crippen LogP contribution is 2.51. The maximum atomic E-state index is 5.83. The minimum Gasteiger partial charge on any atom is -0.290 e. The van der Waals surface area contributed by atoms with Crippen LogP contribution in [0.4, 0.5) is 0 Å². The SMILES string of the molecule is c1ccc(-c2ccc3c4nc5c(nc4c4ccc(-c6ccccc6)c2c34)c2c3cccc4c6cccnc6n(c43)c2c2c5c3cccc4c5cccnc5n2c43)cc1. The summed E-state index contributed by atoms with van der Waals surface area (Å²) in [6.45, 7) is 0. The summed E-state index contributed by atoms with van der Waals surface area (Å²) in [5.74, 6) is 0. The third-order valence-corrected chi connectivity index (χ3v) is 13.0. The topological polar surface area (TPSA) is 60.4 Å². The minimum absolute atomic E-state index is 0.907. The maximum absolute atomic E-state index is 5.83. The van der Waals surface area contributed by atoms with Gasteiger partial charge < -0.3 is 0 Å². The van der Waals surface area contributed by atoms with Gasteiger partial charge in [0.2, 0.25) is 0 Å². The summed E-state index contributed by atoms with van der Waals surface area (Å²) in [7, 11) is 0. The summed E-state index contributed by atoms with van der Waals surface area (Å²) < 4.78 is 4.78. The molecule has 0 radical (unpaired) electrons. The fraction of sp³-hybridized carbons (Fsp3) is 0. The molecule has 0 unspecified atom stereocenters. The molecule has 8 aromatic carbocycles. The van der Waals surface area contributed by atoms with Crippen molar-refractivity contribution >= 4 is 120 Å². The molecule has 6 heteroatoms. The molecule has 0 aliphatic rings. The number of hydrogen-bond donors (Lipinski definition) is 0. The number of para-hydroxylation sites is 2. The number of pyridine rings is 2. The van der Waals surface area contributed by atoms with E-state index in [1.807, 2.05) is 24.5 Å². The van der Waals surface area contributed by atoms with E-state index in [2.05, 4.69) is 142 Å². The molecule has 0 bridgehead atoms. The van der Waals surface area contributed by atoms with Crippen LogP contribution in [0.5, 0.6) is 0 Å². The predicted octanol–water partition coefficient (Wildman–Crippen LogP) is 13.0. The molecule has 0 atom stereocenters. The van der Waals surface area contributed by atoms with Crippen molar-refractivity contribution in [3.63, 3.8) is 0 Å². The average Bonchev–Trinajstić information content (AvgIpc) is 4.08. The molecule has 0 fully saturated rings. The van der Waals surface area contributed by atoms with Gasteiger partial charge in [-0.25, -0.2) is 19.9 Å². The van der Waals surface area contributed by atoms with Gasteiger partial charge in [0.25, 0.3) is 0 Å². The molecule has 264 valence electrons. The summed E-state index contributed by atoms with van der Waals surface area (Å²) in [4.78, 5) is 21.8. The maximum Gasteiger partial charge on any atom is 0.145 e. The fourth-order valence-electron chi connectivity index (χ4n) is 10.8. The van der Waals surface area contributed by atoms with Crippen LogP contribution in [0.15, 0.2) is 158 Å². The predicted molar refractivity (Wildman–Crippen MR) is 239 cm³/mol. The van der Waals surface area contributed by atoms with Gasteiger partial charge in [-0.2, -0.15) is 0 Å². The van der Waals surface area contributed by atoms with Gasteiger partial charge in [-0.15, -0.1) is 0 Å². The van der Waals surface area contributed by atoms with E-state index in [0.29, 0.717) is 0 Å². The van der Waals surface area contributed by atoms with Crippen LogP contribution in [-0.4, -0.2) is 28.7 Å². The molecule has 58 heavy (non-hydrogen) atoms. The van der Waals surface area contributed by atoms with Crippen LogP contribution in [-0.2, 0) is 0 Å². The molecule has 0 saturated carbocycles. The second-order valence-electron chi connectivity index (χ2n) is 15.7. The smallest absolute Gasteiger partial charge is 0.145 e. The third kappa shape index (κ3) is 3.28. The van der Waals surface area contributed by atoms with Crippen molar-refractivity contribution in [2.75, 3.05) is 0 Å². The normalized spacial score (nSPS) is 12.8. The lowest BCUT2D eigenvalue weighted by atomic mass is 9.90. The van der Waals surface area contributed by atoms with Crippen LogP contribution in [0.25, 0.3) is 142 Å². The summed E-state index contributed by atoms with van der Waals surface area (Å²) in [5, 5.41) is 13.8. The van der Waals surface area contributed by atoms with Gasteiger partial charge in [-0.1, -0.05) is 121 Å². The van der Waals surface area contributed by atoms with Crippen LogP contribution in [0.3, 0.4) is 0 Å². The van der Waals surface area contributed by atoms with Crippen molar-refractivity contribution in [3.05, 3.63) is 158 Å². The zero-order valence-electron chi connectivity index (χ0n) is 30.7. The Morgan fingerprint density at radius 1 is 0.293 bits per heavy atom. The Morgan fingerprint density at radius 3 is 1.22 bits per heavy atom. The quantitative estimate of drug-likeness (QED) is 0.177. The molecular formula is C52H26N6.